The second kappa shape index (κ2) is 6.03. The van der Waals surface area contributed by atoms with E-state index in [2.05, 4.69) is 0 Å². The number of hydrogen-bond donors (Lipinski definition) is 0. The van der Waals surface area contributed by atoms with Crippen molar-refractivity contribution in [1.82, 2.24) is 4.90 Å². The highest BCUT2D eigenvalue weighted by Gasteiger charge is 2.21. The van der Waals surface area contributed by atoms with Crippen molar-refractivity contribution in [2.45, 2.75) is 13.8 Å². The molecule has 0 aromatic heterocycles. The first-order valence-electron chi connectivity index (χ1n) is 5.61. The Balaban J connectivity index is 2.92. The van der Waals surface area contributed by atoms with Crippen LogP contribution in [0.4, 0.5) is 0 Å². The van der Waals surface area contributed by atoms with Gasteiger partial charge in [-0.1, -0.05) is 12.1 Å². The molecule has 0 heterocycles. The fraction of sp³-hybridized carbons (Fsp3) is 0.385. The van der Waals surface area contributed by atoms with Gasteiger partial charge in [-0.05, 0) is 26.0 Å². The molecule has 0 radical (unpaired) electrons. The SMILES string of the molecule is CCN(CC)C(=O)C(=O)c1cccc(OC)c1. The molecule has 0 spiro atoms. The van der Waals surface area contributed by atoms with Crippen molar-refractivity contribution in [2.75, 3.05) is 20.2 Å². The van der Waals surface area contributed by atoms with Gasteiger partial charge in [-0.3, -0.25) is 9.59 Å². The van der Waals surface area contributed by atoms with Crippen LogP contribution in [0.5, 0.6) is 5.75 Å². The van der Waals surface area contributed by atoms with Gasteiger partial charge in [0.05, 0.1) is 7.11 Å². The van der Waals surface area contributed by atoms with Crippen molar-refractivity contribution in [3.63, 3.8) is 0 Å². The molecule has 0 aliphatic carbocycles. The van der Waals surface area contributed by atoms with Gasteiger partial charge in [0.2, 0.25) is 0 Å². The van der Waals surface area contributed by atoms with E-state index in [0.717, 1.165) is 0 Å². The van der Waals surface area contributed by atoms with Crippen molar-refractivity contribution in [3.05, 3.63) is 29.8 Å². The van der Waals surface area contributed by atoms with Crippen LogP contribution in [0, 0.1) is 0 Å². The summed E-state index contributed by atoms with van der Waals surface area (Å²) in [5.74, 6) is -0.390. The molecule has 0 unspecified atom stereocenters. The van der Waals surface area contributed by atoms with Crippen molar-refractivity contribution >= 4 is 11.7 Å². The van der Waals surface area contributed by atoms with Gasteiger partial charge in [-0.15, -0.1) is 0 Å². The third-order valence-corrected chi connectivity index (χ3v) is 2.58. The Morgan fingerprint density at radius 2 is 1.88 bits per heavy atom. The van der Waals surface area contributed by atoms with E-state index in [1.807, 2.05) is 13.8 Å². The van der Waals surface area contributed by atoms with E-state index in [1.54, 1.807) is 24.3 Å². The average molecular weight is 235 g/mol. The Morgan fingerprint density at radius 1 is 1.24 bits per heavy atom. The Morgan fingerprint density at radius 3 is 2.41 bits per heavy atom. The molecule has 4 nitrogen and oxygen atoms in total. The predicted octanol–water partition coefficient (Wildman–Crippen LogP) is 1.75. The van der Waals surface area contributed by atoms with Crippen LogP contribution >= 0.6 is 0 Å². The van der Waals surface area contributed by atoms with Crippen LogP contribution in [0.15, 0.2) is 24.3 Å². The number of ketones is 1. The summed E-state index contributed by atoms with van der Waals surface area (Å²) in [7, 11) is 1.52. The normalized spacial score (nSPS) is 9.82. The zero-order valence-corrected chi connectivity index (χ0v) is 10.4. The maximum Gasteiger partial charge on any atom is 0.294 e. The van der Waals surface area contributed by atoms with Crippen LogP contribution in [-0.4, -0.2) is 36.8 Å². The van der Waals surface area contributed by atoms with Crippen molar-refractivity contribution < 1.29 is 14.3 Å². The number of methoxy groups -OCH3 is 1. The number of rotatable bonds is 5. The molecule has 4 heteroatoms. The molecule has 92 valence electrons. The van der Waals surface area contributed by atoms with E-state index in [0.29, 0.717) is 24.4 Å². The Hall–Kier alpha value is -1.84. The third kappa shape index (κ3) is 3.06. The number of carbonyl (C=O) groups excluding carboxylic acids is 2. The van der Waals surface area contributed by atoms with E-state index >= 15 is 0 Å². The minimum absolute atomic E-state index is 0.362. The van der Waals surface area contributed by atoms with Gasteiger partial charge in [0.15, 0.2) is 0 Å². The molecule has 1 rings (SSSR count). The van der Waals surface area contributed by atoms with Gasteiger partial charge in [-0.2, -0.15) is 0 Å². The molecule has 0 saturated heterocycles. The molecule has 0 atom stereocenters. The van der Waals surface area contributed by atoms with Gasteiger partial charge in [0.1, 0.15) is 5.75 Å². The van der Waals surface area contributed by atoms with Crippen molar-refractivity contribution in [2.24, 2.45) is 0 Å². The Labute approximate surface area is 101 Å². The zero-order valence-electron chi connectivity index (χ0n) is 10.4. The fourth-order valence-corrected chi connectivity index (χ4v) is 1.54. The number of amides is 1. The van der Waals surface area contributed by atoms with E-state index in [1.165, 1.54) is 12.0 Å². The van der Waals surface area contributed by atoms with Crippen LogP contribution in [0.2, 0.25) is 0 Å². The molecule has 0 saturated carbocycles. The summed E-state index contributed by atoms with van der Waals surface area (Å²) in [4.78, 5) is 25.3. The molecule has 1 aromatic rings. The number of Topliss-reactive ketones (excluding diaryl/α,β-unsaturated/α-hetero) is 1. The number of carbonyl (C=O) groups is 2. The second-order valence-electron chi connectivity index (χ2n) is 3.54. The van der Waals surface area contributed by atoms with Gasteiger partial charge in [0.25, 0.3) is 11.7 Å². The molecular formula is C13H17NO3. The van der Waals surface area contributed by atoms with E-state index in [4.69, 9.17) is 4.74 Å². The molecule has 0 aliphatic heterocycles. The number of nitrogens with zero attached hydrogens (tertiary/aromatic N) is 1. The quantitative estimate of drug-likeness (QED) is 0.577. The van der Waals surface area contributed by atoms with Crippen LogP contribution < -0.4 is 4.74 Å². The molecule has 0 N–H and O–H groups in total. The van der Waals surface area contributed by atoms with Gasteiger partial charge in [-0.25, -0.2) is 0 Å². The number of ether oxygens (including phenoxy) is 1. The van der Waals surface area contributed by atoms with Crippen LogP contribution in [-0.2, 0) is 4.79 Å². The maximum absolute atomic E-state index is 11.9. The van der Waals surface area contributed by atoms with Crippen LogP contribution in [0.25, 0.3) is 0 Å². The lowest BCUT2D eigenvalue weighted by Gasteiger charge is -2.17. The van der Waals surface area contributed by atoms with Gasteiger partial charge >= 0.3 is 0 Å². The Kier molecular flexibility index (Phi) is 4.69. The highest BCUT2D eigenvalue weighted by Crippen LogP contribution is 2.13. The van der Waals surface area contributed by atoms with E-state index < -0.39 is 11.7 Å². The summed E-state index contributed by atoms with van der Waals surface area (Å²) in [6, 6.07) is 6.62. The number of hydrogen-bond acceptors (Lipinski definition) is 3. The van der Waals surface area contributed by atoms with Crippen molar-refractivity contribution in [3.8, 4) is 5.75 Å². The van der Waals surface area contributed by atoms with Crippen molar-refractivity contribution in [1.29, 1.82) is 0 Å². The first kappa shape index (κ1) is 13.2. The summed E-state index contributed by atoms with van der Waals surface area (Å²) in [6.07, 6.45) is 0. The fourth-order valence-electron chi connectivity index (χ4n) is 1.54. The lowest BCUT2D eigenvalue weighted by molar-refractivity contribution is -0.126. The van der Waals surface area contributed by atoms with Crippen LogP contribution in [0.1, 0.15) is 24.2 Å². The zero-order chi connectivity index (χ0) is 12.8. The summed E-state index contributed by atoms with van der Waals surface area (Å²) in [5.41, 5.74) is 0.362. The smallest absolute Gasteiger partial charge is 0.294 e. The molecule has 0 fully saturated rings. The minimum atomic E-state index is -0.493. The topological polar surface area (TPSA) is 46.6 Å². The summed E-state index contributed by atoms with van der Waals surface area (Å²) in [6.45, 7) is 4.76. The lowest BCUT2D eigenvalue weighted by Crippen LogP contribution is -2.36. The van der Waals surface area contributed by atoms with Crippen LogP contribution in [0.3, 0.4) is 0 Å². The molecule has 1 amide bonds. The lowest BCUT2D eigenvalue weighted by atomic mass is 10.1. The summed E-state index contributed by atoms with van der Waals surface area (Å²) >= 11 is 0. The summed E-state index contributed by atoms with van der Waals surface area (Å²) < 4.78 is 5.02. The van der Waals surface area contributed by atoms with Gasteiger partial charge in [0, 0.05) is 18.7 Å². The van der Waals surface area contributed by atoms with E-state index in [-0.39, 0.29) is 0 Å². The first-order chi connectivity index (χ1) is 8.13. The highest BCUT2D eigenvalue weighted by atomic mass is 16.5. The molecule has 0 aliphatic rings. The highest BCUT2D eigenvalue weighted by molar-refractivity contribution is 6.42. The molecule has 17 heavy (non-hydrogen) atoms. The standard InChI is InChI=1S/C13H17NO3/c1-4-14(5-2)13(16)12(15)10-7-6-8-11(9-10)17-3/h6-9H,4-5H2,1-3H3. The second-order valence-corrected chi connectivity index (χ2v) is 3.54. The number of benzene rings is 1. The Bertz CT molecular complexity index is 411. The number of likely N-dealkylation sites (N-methyl/N-ethyl adjacent to an activating group) is 1. The largest absolute Gasteiger partial charge is 0.497 e. The average Bonchev–Trinajstić information content (AvgIpc) is 2.39. The first-order valence-corrected chi connectivity index (χ1v) is 5.61. The summed E-state index contributed by atoms with van der Waals surface area (Å²) in [5, 5.41) is 0. The predicted molar refractivity (Wildman–Crippen MR) is 65.3 cm³/mol. The third-order valence-electron chi connectivity index (χ3n) is 2.58. The molecule has 0 bridgehead atoms. The minimum Gasteiger partial charge on any atom is -0.497 e. The maximum atomic E-state index is 11.9. The van der Waals surface area contributed by atoms with Gasteiger partial charge < -0.3 is 9.64 Å². The molecular weight excluding hydrogens is 218 g/mol. The monoisotopic (exact) mass is 235 g/mol. The van der Waals surface area contributed by atoms with E-state index in [9.17, 15) is 9.59 Å². The molecule has 1 aromatic carbocycles.